The fourth-order valence-electron chi connectivity index (χ4n) is 4.56. The van der Waals surface area contributed by atoms with Gasteiger partial charge in [-0.3, -0.25) is 9.69 Å². The fourth-order valence-corrected chi connectivity index (χ4v) is 4.56. The molecule has 1 aromatic carbocycles. The molecule has 0 radical (unpaired) electrons. The number of amides is 1. The van der Waals surface area contributed by atoms with Gasteiger partial charge in [0.2, 0.25) is 0 Å². The standard InChI is InChI=1S/C21H32N4O/c1-22-7-11-24(12-8-22)20-6-5-17-15-19(4-3-18(17)16-20)21(26)25-13-9-23(2)10-14-25/h3-4,15,20H,5-14,16H2,1-2H3. The lowest BCUT2D eigenvalue weighted by Gasteiger charge is -2.40. The largest absolute Gasteiger partial charge is 0.336 e. The van der Waals surface area contributed by atoms with Gasteiger partial charge in [-0.05, 0) is 56.6 Å². The molecule has 0 bridgehead atoms. The smallest absolute Gasteiger partial charge is 0.253 e. The number of piperazine rings is 2. The zero-order chi connectivity index (χ0) is 18.1. The summed E-state index contributed by atoms with van der Waals surface area (Å²) in [4.78, 5) is 22.2. The van der Waals surface area contributed by atoms with Gasteiger partial charge in [-0.1, -0.05) is 6.07 Å². The molecule has 1 atom stereocenters. The first-order valence-corrected chi connectivity index (χ1v) is 10.1. The predicted octanol–water partition coefficient (Wildman–Crippen LogP) is 1.18. The van der Waals surface area contributed by atoms with Gasteiger partial charge >= 0.3 is 0 Å². The molecule has 0 saturated carbocycles. The lowest BCUT2D eigenvalue weighted by molar-refractivity contribution is 0.0664. The number of aryl methyl sites for hydroxylation is 1. The zero-order valence-electron chi connectivity index (χ0n) is 16.3. The Morgan fingerprint density at radius 1 is 0.885 bits per heavy atom. The third-order valence-electron chi connectivity index (χ3n) is 6.50. The molecule has 5 heteroatoms. The Kier molecular flexibility index (Phi) is 5.30. The summed E-state index contributed by atoms with van der Waals surface area (Å²) in [5.41, 5.74) is 3.73. The molecule has 0 spiro atoms. The van der Waals surface area contributed by atoms with Crippen molar-refractivity contribution in [2.24, 2.45) is 0 Å². The maximum Gasteiger partial charge on any atom is 0.253 e. The minimum atomic E-state index is 0.210. The SMILES string of the molecule is CN1CCN(C(=O)c2ccc3c(c2)CCC(N2CCN(C)CC2)C3)CC1. The summed E-state index contributed by atoms with van der Waals surface area (Å²) < 4.78 is 0. The third kappa shape index (κ3) is 3.80. The van der Waals surface area contributed by atoms with E-state index in [1.807, 2.05) is 4.90 Å². The van der Waals surface area contributed by atoms with E-state index in [9.17, 15) is 4.79 Å². The van der Waals surface area contributed by atoms with E-state index in [1.165, 1.54) is 43.7 Å². The second kappa shape index (κ2) is 7.67. The molecule has 3 aliphatic rings. The number of rotatable bonds is 2. The average Bonchev–Trinajstić information content (AvgIpc) is 2.68. The van der Waals surface area contributed by atoms with Crippen molar-refractivity contribution >= 4 is 5.91 Å². The van der Waals surface area contributed by atoms with E-state index in [-0.39, 0.29) is 5.91 Å². The molecule has 2 fully saturated rings. The molecule has 1 unspecified atom stereocenters. The number of carbonyl (C=O) groups excluding carboxylic acids is 1. The highest BCUT2D eigenvalue weighted by Crippen LogP contribution is 2.26. The minimum absolute atomic E-state index is 0.210. The molecular formula is C21H32N4O. The first-order chi connectivity index (χ1) is 12.6. The molecular weight excluding hydrogens is 324 g/mol. The topological polar surface area (TPSA) is 30.0 Å². The Morgan fingerprint density at radius 3 is 2.23 bits per heavy atom. The van der Waals surface area contributed by atoms with E-state index in [0.29, 0.717) is 6.04 Å². The van der Waals surface area contributed by atoms with Crippen molar-refractivity contribution < 1.29 is 4.79 Å². The van der Waals surface area contributed by atoms with Crippen LogP contribution >= 0.6 is 0 Å². The van der Waals surface area contributed by atoms with Crippen LogP contribution in [0.1, 0.15) is 27.9 Å². The van der Waals surface area contributed by atoms with Gasteiger partial charge in [-0.25, -0.2) is 0 Å². The maximum absolute atomic E-state index is 12.8. The summed E-state index contributed by atoms with van der Waals surface area (Å²) >= 11 is 0. The molecule has 2 saturated heterocycles. The van der Waals surface area contributed by atoms with Gasteiger partial charge in [0, 0.05) is 64.0 Å². The highest BCUT2D eigenvalue weighted by atomic mass is 16.2. The van der Waals surface area contributed by atoms with Crippen molar-refractivity contribution in [2.45, 2.75) is 25.3 Å². The van der Waals surface area contributed by atoms with Gasteiger partial charge in [0.15, 0.2) is 0 Å². The molecule has 2 heterocycles. The summed E-state index contributed by atoms with van der Waals surface area (Å²) in [7, 11) is 4.34. The maximum atomic E-state index is 12.8. The van der Waals surface area contributed by atoms with Crippen molar-refractivity contribution in [3.63, 3.8) is 0 Å². The van der Waals surface area contributed by atoms with Crippen LogP contribution in [0.15, 0.2) is 18.2 Å². The van der Waals surface area contributed by atoms with Crippen LogP contribution < -0.4 is 0 Å². The Balaban J connectivity index is 1.41. The Bertz CT molecular complexity index is 645. The molecule has 4 rings (SSSR count). The quantitative estimate of drug-likeness (QED) is 0.796. The van der Waals surface area contributed by atoms with Gasteiger partial charge < -0.3 is 14.7 Å². The van der Waals surface area contributed by atoms with Gasteiger partial charge in [-0.2, -0.15) is 0 Å². The first kappa shape index (κ1) is 18.0. The monoisotopic (exact) mass is 356 g/mol. The van der Waals surface area contributed by atoms with E-state index >= 15 is 0 Å². The number of hydrogen-bond acceptors (Lipinski definition) is 4. The van der Waals surface area contributed by atoms with Crippen LogP contribution in [0.5, 0.6) is 0 Å². The van der Waals surface area contributed by atoms with Gasteiger partial charge in [-0.15, -0.1) is 0 Å². The molecule has 26 heavy (non-hydrogen) atoms. The van der Waals surface area contributed by atoms with E-state index in [2.05, 4.69) is 47.0 Å². The third-order valence-corrected chi connectivity index (χ3v) is 6.50. The van der Waals surface area contributed by atoms with Crippen molar-refractivity contribution in [3.05, 3.63) is 34.9 Å². The summed E-state index contributed by atoms with van der Waals surface area (Å²) in [6.07, 6.45) is 3.47. The predicted molar refractivity (Wildman–Crippen MR) is 105 cm³/mol. The number of benzene rings is 1. The Morgan fingerprint density at radius 2 is 1.54 bits per heavy atom. The average molecular weight is 357 g/mol. The highest BCUT2D eigenvalue weighted by Gasteiger charge is 2.27. The molecule has 142 valence electrons. The van der Waals surface area contributed by atoms with E-state index in [4.69, 9.17) is 0 Å². The summed E-state index contributed by atoms with van der Waals surface area (Å²) in [5.74, 6) is 0.210. The Hall–Kier alpha value is -1.43. The molecule has 1 amide bonds. The van der Waals surface area contributed by atoms with Crippen molar-refractivity contribution in [3.8, 4) is 0 Å². The molecule has 1 aliphatic carbocycles. The fraction of sp³-hybridized carbons (Fsp3) is 0.667. The normalized spacial score (nSPS) is 25.9. The number of nitrogens with zero attached hydrogens (tertiary/aromatic N) is 4. The van der Waals surface area contributed by atoms with Crippen molar-refractivity contribution in [1.82, 2.24) is 19.6 Å². The highest BCUT2D eigenvalue weighted by molar-refractivity contribution is 5.94. The van der Waals surface area contributed by atoms with Crippen LogP contribution in [0, 0.1) is 0 Å². The zero-order valence-corrected chi connectivity index (χ0v) is 16.3. The number of fused-ring (bicyclic) bond motifs is 1. The van der Waals surface area contributed by atoms with Crippen LogP contribution in [0.2, 0.25) is 0 Å². The summed E-state index contributed by atoms with van der Waals surface area (Å²) in [6.45, 7) is 8.39. The molecule has 1 aromatic rings. The summed E-state index contributed by atoms with van der Waals surface area (Å²) in [6, 6.07) is 7.14. The van der Waals surface area contributed by atoms with Crippen molar-refractivity contribution in [2.75, 3.05) is 66.5 Å². The van der Waals surface area contributed by atoms with Crippen LogP contribution in [-0.2, 0) is 12.8 Å². The van der Waals surface area contributed by atoms with E-state index in [1.54, 1.807) is 0 Å². The number of likely N-dealkylation sites (N-methyl/N-ethyl adjacent to an activating group) is 2. The molecule has 5 nitrogen and oxygen atoms in total. The van der Waals surface area contributed by atoms with Crippen LogP contribution in [0.4, 0.5) is 0 Å². The van der Waals surface area contributed by atoms with Gasteiger partial charge in [0.25, 0.3) is 5.91 Å². The first-order valence-electron chi connectivity index (χ1n) is 10.1. The van der Waals surface area contributed by atoms with E-state index in [0.717, 1.165) is 44.6 Å². The molecule has 0 N–H and O–H groups in total. The number of carbonyl (C=O) groups is 1. The van der Waals surface area contributed by atoms with Gasteiger partial charge in [0.05, 0.1) is 0 Å². The lowest BCUT2D eigenvalue weighted by atomic mass is 9.86. The second-order valence-electron chi connectivity index (χ2n) is 8.31. The summed E-state index contributed by atoms with van der Waals surface area (Å²) in [5, 5.41) is 0. The van der Waals surface area contributed by atoms with Gasteiger partial charge in [0.1, 0.15) is 0 Å². The lowest BCUT2D eigenvalue weighted by Crippen LogP contribution is -2.50. The van der Waals surface area contributed by atoms with Crippen LogP contribution in [0.25, 0.3) is 0 Å². The van der Waals surface area contributed by atoms with E-state index < -0.39 is 0 Å². The Labute approximate surface area is 157 Å². The number of hydrogen-bond donors (Lipinski definition) is 0. The molecule has 2 aliphatic heterocycles. The van der Waals surface area contributed by atoms with Crippen LogP contribution in [0.3, 0.4) is 0 Å². The second-order valence-corrected chi connectivity index (χ2v) is 8.31. The minimum Gasteiger partial charge on any atom is -0.336 e. The van der Waals surface area contributed by atoms with Crippen LogP contribution in [-0.4, -0.2) is 98.0 Å². The van der Waals surface area contributed by atoms with Crippen molar-refractivity contribution in [1.29, 1.82) is 0 Å². The molecule has 0 aromatic heterocycles.